The molecule has 0 aliphatic heterocycles. The molecule has 1 rings (SSSR count). The number of carbonyl (C=O) groups is 1. The molecule has 1 heterocycles. The second kappa shape index (κ2) is 5.71. The van der Waals surface area contributed by atoms with E-state index in [0.717, 1.165) is 0 Å². The predicted molar refractivity (Wildman–Crippen MR) is 65.6 cm³/mol. The van der Waals surface area contributed by atoms with Crippen LogP contribution in [0.15, 0.2) is 15.3 Å². The van der Waals surface area contributed by atoms with Crippen LogP contribution in [0, 0.1) is 12.8 Å². The molecule has 0 radical (unpaired) electrons. The zero-order valence-corrected chi connectivity index (χ0v) is 11.0. The Hall–Kier alpha value is -1.78. The van der Waals surface area contributed by atoms with Crippen LogP contribution in [0.4, 0.5) is 0 Å². The SMILES string of the molecule is COC(=O)C[C@H](c1oc(C)cc(=O)c1O)C(C)C. The molecule has 0 amide bonds. The number of aromatic hydroxyl groups is 1. The molecule has 0 aromatic carbocycles. The van der Waals surface area contributed by atoms with E-state index in [-0.39, 0.29) is 24.0 Å². The Morgan fingerprint density at radius 1 is 1.50 bits per heavy atom. The number of ether oxygens (including phenoxy) is 1. The zero-order valence-electron chi connectivity index (χ0n) is 11.0. The maximum absolute atomic E-state index is 11.5. The lowest BCUT2D eigenvalue weighted by Gasteiger charge is -2.19. The smallest absolute Gasteiger partial charge is 0.306 e. The number of esters is 1. The third-order valence-corrected chi connectivity index (χ3v) is 2.83. The Morgan fingerprint density at radius 2 is 2.11 bits per heavy atom. The van der Waals surface area contributed by atoms with Crippen molar-refractivity contribution in [2.75, 3.05) is 7.11 Å². The van der Waals surface area contributed by atoms with E-state index < -0.39 is 17.1 Å². The van der Waals surface area contributed by atoms with Crippen molar-refractivity contribution < 1.29 is 19.1 Å². The van der Waals surface area contributed by atoms with E-state index >= 15 is 0 Å². The van der Waals surface area contributed by atoms with E-state index in [4.69, 9.17) is 4.42 Å². The lowest BCUT2D eigenvalue weighted by Crippen LogP contribution is -2.16. The van der Waals surface area contributed by atoms with Gasteiger partial charge in [0.05, 0.1) is 13.5 Å². The van der Waals surface area contributed by atoms with Crippen LogP contribution in [0.1, 0.15) is 37.7 Å². The second-order valence-corrected chi connectivity index (χ2v) is 4.56. The van der Waals surface area contributed by atoms with Crippen LogP contribution in [-0.4, -0.2) is 18.2 Å². The zero-order chi connectivity index (χ0) is 13.9. The summed E-state index contributed by atoms with van der Waals surface area (Å²) in [7, 11) is 1.30. The van der Waals surface area contributed by atoms with Gasteiger partial charge in [-0.1, -0.05) is 13.8 Å². The van der Waals surface area contributed by atoms with E-state index in [1.807, 2.05) is 13.8 Å². The molecule has 0 fully saturated rings. The summed E-state index contributed by atoms with van der Waals surface area (Å²) in [4.78, 5) is 22.9. The molecule has 0 aliphatic rings. The van der Waals surface area contributed by atoms with E-state index in [1.54, 1.807) is 6.92 Å². The van der Waals surface area contributed by atoms with Gasteiger partial charge in [-0.2, -0.15) is 0 Å². The number of rotatable bonds is 4. The van der Waals surface area contributed by atoms with Crippen LogP contribution in [0.3, 0.4) is 0 Å². The van der Waals surface area contributed by atoms with Gasteiger partial charge in [-0.3, -0.25) is 9.59 Å². The Morgan fingerprint density at radius 3 is 2.61 bits per heavy atom. The largest absolute Gasteiger partial charge is 0.502 e. The van der Waals surface area contributed by atoms with Gasteiger partial charge in [-0.15, -0.1) is 0 Å². The first-order chi connectivity index (χ1) is 8.36. The summed E-state index contributed by atoms with van der Waals surface area (Å²) in [5.74, 6) is -0.630. The van der Waals surface area contributed by atoms with Gasteiger partial charge in [-0.05, 0) is 12.8 Å². The fourth-order valence-electron chi connectivity index (χ4n) is 1.77. The summed E-state index contributed by atoms with van der Waals surface area (Å²) in [6, 6.07) is 1.22. The molecule has 18 heavy (non-hydrogen) atoms. The topological polar surface area (TPSA) is 76.7 Å². The molecule has 0 saturated carbocycles. The molecule has 0 aliphatic carbocycles. The Balaban J connectivity index is 3.21. The van der Waals surface area contributed by atoms with E-state index in [9.17, 15) is 14.7 Å². The highest BCUT2D eigenvalue weighted by atomic mass is 16.5. The highest BCUT2D eigenvalue weighted by Gasteiger charge is 2.26. The molecule has 1 aromatic heterocycles. The first kappa shape index (κ1) is 14.3. The molecule has 1 aromatic rings. The first-order valence-corrected chi connectivity index (χ1v) is 5.77. The standard InChI is InChI=1S/C13H18O5/c1-7(2)9(6-11(15)17-4)13-12(16)10(14)5-8(3)18-13/h5,7,9,16H,6H2,1-4H3/t9-/m0/s1. The summed E-state index contributed by atoms with van der Waals surface area (Å²) >= 11 is 0. The lowest BCUT2D eigenvalue weighted by molar-refractivity contribution is -0.141. The minimum atomic E-state index is -0.496. The first-order valence-electron chi connectivity index (χ1n) is 5.77. The number of hydrogen-bond acceptors (Lipinski definition) is 5. The van der Waals surface area contributed by atoms with Crippen molar-refractivity contribution in [1.29, 1.82) is 0 Å². The second-order valence-electron chi connectivity index (χ2n) is 4.56. The van der Waals surface area contributed by atoms with Crippen LogP contribution in [-0.2, 0) is 9.53 Å². The number of aryl methyl sites for hydroxylation is 1. The van der Waals surface area contributed by atoms with Crippen molar-refractivity contribution >= 4 is 5.97 Å². The van der Waals surface area contributed by atoms with Gasteiger partial charge in [0.15, 0.2) is 5.76 Å². The Kier molecular flexibility index (Phi) is 4.53. The highest BCUT2D eigenvalue weighted by molar-refractivity contribution is 5.70. The average molecular weight is 254 g/mol. The van der Waals surface area contributed by atoms with E-state index in [1.165, 1.54) is 13.2 Å². The summed E-state index contributed by atoms with van der Waals surface area (Å²) in [6.45, 7) is 5.39. The normalized spacial score (nSPS) is 12.5. The summed E-state index contributed by atoms with van der Waals surface area (Å²) in [5, 5.41) is 9.77. The van der Waals surface area contributed by atoms with Crippen LogP contribution in [0.25, 0.3) is 0 Å². The van der Waals surface area contributed by atoms with Gasteiger partial charge < -0.3 is 14.3 Å². The van der Waals surface area contributed by atoms with Crippen molar-refractivity contribution in [3.05, 3.63) is 27.8 Å². The lowest BCUT2D eigenvalue weighted by atomic mass is 9.89. The third-order valence-electron chi connectivity index (χ3n) is 2.83. The van der Waals surface area contributed by atoms with Gasteiger partial charge in [0.1, 0.15) is 5.76 Å². The van der Waals surface area contributed by atoms with Crippen molar-refractivity contribution in [2.45, 2.75) is 33.1 Å². The summed E-state index contributed by atoms with van der Waals surface area (Å²) in [6.07, 6.45) is 0.0636. The van der Waals surface area contributed by atoms with Gasteiger partial charge in [0.2, 0.25) is 11.2 Å². The highest BCUT2D eigenvalue weighted by Crippen LogP contribution is 2.32. The number of carbonyl (C=O) groups excluding carboxylic acids is 1. The monoisotopic (exact) mass is 254 g/mol. The molecule has 5 nitrogen and oxygen atoms in total. The van der Waals surface area contributed by atoms with Gasteiger partial charge in [0, 0.05) is 12.0 Å². The molecule has 1 atom stereocenters. The third kappa shape index (κ3) is 3.12. The maximum atomic E-state index is 11.5. The molecular formula is C13H18O5. The predicted octanol–water partition coefficient (Wildman–Crippen LogP) is 1.96. The van der Waals surface area contributed by atoms with Crippen molar-refractivity contribution in [2.24, 2.45) is 5.92 Å². The van der Waals surface area contributed by atoms with Crippen LogP contribution >= 0.6 is 0 Å². The molecule has 0 spiro atoms. The van der Waals surface area contributed by atoms with Crippen LogP contribution in [0.5, 0.6) is 5.75 Å². The number of methoxy groups -OCH3 is 1. The van der Waals surface area contributed by atoms with Gasteiger partial charge in [0.25, 0.3) is 0 Å². The van der Waals surface area contributed by atoms with Crippen molar-refractivity contribution in [3.63, 3.8) is 0 Å². The molecular weight excluding hydrogens is 236 g/mol. The Bertz CT molecular complexity index is 487. The molecule has 0 saturated heterocycles. The molecule has 100 valence electrons. The molecule has 0 unspecified atom stereocenters. The molecule has 0 bridgehead atoms. The van der Waals surface area contributed by atoms with Crippen molar-refractivity contribution in [3.8, 4) is 5.75 Å². The molecule has 5 heteroatoms. The summed E-state index contributed by atoms with van der Waals surface area (Å²) < 4.78 is 10.0. The molecule has 1 N–H and O–H groups in total. The Labute approximate surface area is 105 Å². The minimum absolute atomic E-state index is 0.0277. The minimum Gasteiger partial charge on any atom is -0.502 e. The number of hydrogen-bond donors (Lipinski definition) is 1. The fraction of sp³-hybridized carbons (Fsp3) is 0.538. The average Bonchev–Trinajstić information content (AvgIpc) is 2.30. The van der Waals surface area contributed by atoms with Crippen LogP contribution in [0.2, 0.25) is 0 Å². The van der Waals surface area contributed by atoms with Gasteiger partial charge in [-0.25, -0.2) is 0 Å². The van der Waals surface area contributed by atoms with Gasteiger partial charge >= 0.3 is 5.97 Å². The van der Waals surface area contributed by atoms with E-state index in [2.05, 4.69) is 4.74 Å². The maximum Gasteiger partial charge on any atom is 0.306 e. The van der Waals surface area contributed by atoms with Crippen molar-refractivity contribution in [1.82, 2.24) is 0 Å². The fourth-order valence-corrected chi connectivity index (χ4v) is 1.77. The quantitative estimate of drug-likeness (QED) is 0.831. The van der Waals surface area contributed by atoms with E-state index in [0.29, 0.717) is 5.76 Å². The van der Waals surface area contributed by atoms with Crippen LogP contribution < -0.4 is 5.43 Å². The summed E-state index contributed by atoms with van der Waals surface area (Å²) in [5.41, 5.74) is -0.496.